The first kappa shape index (κ1) is 9.29. The summed E-state index contributed by atoms with van der Waals surface area (Å²) < 4.78 is 1.76. The standard InChI is InChI=1S/C8H11N5S/c1-13-7(3-11-12-13)2-9-4-8-5-10-6-14-8/h3,5-6,9H,2,4H2,1H3. The van der Waals surface area contributed by atoms with Crippen molar-refractivity contribution in [3.8, 4) is 0 Å². The third-order valence-corrected chi connectivity index (χ3v) is 2.68. The molecule has 5 nitrogen and oxygen atoms in total. The van der Waals surface area contributed by atoms with E-state index < -0.39 is 0 Å². The van der Waals surface area contributed by atoms with Crippen molar-refractivity contribution in [1.29, 1.82) is 0 Å². The van der Waals surface area contributed by atoms with Crippen LogP contribution in [0.25, 0.3) is 0 Å². The summed E-state index contributed by atoms with van der Waals surface area (Å²) in [6.07, 6.45) is 3.64. The fraction of sp³-hybridized carbons (Fsp3) is 0.375. The van der Waals surface area contributed by atoms with Crippen molar-refractivity contribution < 1.29 is 0 Å². The van der Waals surface area contributed by atoms with E-state index in [-0.39, 0.29) is 0 Å². The zero-order valence-electron chi connectivity index (χ0n) is 7.84. The summed E-state index contributed by atoms with van der Waals surface area (Å²) in [6, 6.07) is 0. The Balaban J connectivity index is 1.81. The lowest BCUT2D eigenvalue weighted by molar-refractivity contribution is 0.619. The van der Waals surface area contributed by atoms with E-state index in [1.54, 1.807) is 22.2 Å². The highest BCUT2D eigenvalue weighted by Crippen LogP contribution is 2.04. The molecule has 0 atom stereocenters. The number of aromatic nitrogens is 4. The molecule has 2 rings (SSSR count). The van der Waals surface area contributed by atoms with Crippen LogP contribution in [0, 0.1) is 0 Å². The highest BCUT2D eigenvalue weighted by molar-refractivity contribution is 7.09. The third kappa shape index (κ3) is 2.15. The lowest BCUT2D eigenvalue weighted by atomic mass is 10.4. The molecular weight excluding hydrogens is 198 g/mol. The van der Waals surface area contributed by atoms with Crippen LogP contribution in [0.5, 0.6) is 0 Å². The minimum Gasteiger partial charge on any atom is -0.306 e. The second-order valence-corrected chi connectivity index (χ2v) is 3.89. The van der Waals surface area contributed by atoms with Gasteiger partial charge in [0.15, 0.2) is 0 Å². The van der Waals surface area contributed by atoms with Crippen molar-refractivity contribution in [3.05, 3.63) is 28.5 Å². The van der Waals surface area contributed by atoms with E-state index in [9.17, 15) is 0 Å². The molecule has 0 saturated heterocycles. The van der Waals surface area contributed by atoms with Gasteiger partial charge in [-0.2, -0.15) is 0 Å². The molecule has 0 bridgehead atoms. The molecule has 0 aromatic carbocycles. The summed E-state index contributed by atoms with van der Waals surface area (Å²) in [5.41, 5.74) is 2.91. The van der Waals surface area contributed by atoms with Crippen molar-refractivity contribution in [1.82, 2.24) is 25.3 Å². The third-order valence-electron chi connectivity index (χ3n) is 1.90. The molecule has 2 aromatic rings. The SMILES string of the molecule is Cn1nncc1CNCc1cncs1. The van der Waals surface area contributed by atoms with Gasteiger partial charge in [-0.15, -0.1) is 16.4 Å². The Bertz CT molecular complexity index is 380. The quantitative estimate of drug-likeness (QED) is 0.799. The molecule has 0 unspecified atom stereocenters. The summed E-state index contributed by atoms with van der Waals surface area (Å²) in [4.78, 5) is 5.24. The van der Waals surface area contributed by atoms with Gasteiger partial charge in [0.1, 0.15) is 0 Å². The maximum atomic E-state index is 4.00. The maximum absolute atomic E-state index is 4.00. The molecule has 6 heteroatoms. The Labute approximate surface area is 85.8 Å². The van der Waals surface area contributed by atoms with Gasteiger partial charge in [0.05, 0.1) is 17.4 Å². The number of thiazole rings is 1. The first-order valence-corrected chi connectivity index (χ1v) is 5.16. The van der Waals surface area contributed by atoms with Crippen LogP contribution in [0.3, 0.4) is 0 Å². The Morgan fingerprint density at radius 1 is 1.43 bits per heavy atom. The minimum absolute atomic E-state index is 0.779. The smallest absolute Gasteiger partial charge is 0.0794 e. The fourth-order valence-electron chi connectivity index (χ4n) is 1.11. The van der Waals surface area contributed by atoms with Gasteiger partial charge >= 0.3 is 0 Å². The van der Waals surface area contributed by atoms with Gasteiger partial charge in [-0.3, -0.25) is 9.67 Å². The van der Waals surface area contributed by atoms with Gasteiger partial charge in [0.2, 0.25) is 0 Å². The second-order valence-electron chi connectivity index (χ2n) is 2.92. The average molecular weight is 209 g/mol. The van der Waals surface area contributed by atoms with Crippen molar-refractivity contribution in [2.75, 3.05) is 0 Å². The minimum atomic E-state index is 0.779. The molecule has 0 spiro atoms. The fourth-order valence-corrected chi connectivity index (χ4v) is 1.68. The lowest BCUT2D eigenvalue weighted by Crippen LogP contribution is -2.14. The van der Waals surface area contributed by atoms with E-state index in [0.717, 1.165) is 18.8 Å². The Morgan fingerprint density at radius 3 is 3.00 bits per heavy atom. The van der Waals surface area contributed by atoms with Crippen LogP contribution < -0.4 is 5.32 Å². The lowest BCUT2D eigenvalue weighted by Gasteiger charge is -2.01. The van der Waals surface area contributed by atoms with E-state index in [2.05, 4.69) is 20.6 Å². The van der Waals surface area contributed by atoms with E-state index >= 15 is 0 Å². The molecule has 0 amide bonds. The van der Waals surface area contributed by atoms with Gasteiger partial charge in [0, 0.05) is 31.2 Å². The largest absolute Gasteiger partial charge is 0.306 e. The summed E-state index contributed by atoms with van der Waals surface area (Å²) in [6.45, 7) is 1.62. The van der Waals surface area contributed by atoms with Gasteiger partial charge < -0.3 is 5.32 Å². The number of hydrogen-bond acceptors (Lipinski definition) is 5. The summed E-state index contributed by atoms with van der Waals surface area (Å²) in [7, 11) is 1.89. The molecule has 0 aliphatic rings. The Kier molecular flexibility index (Phi) is 2.85. The molecule has 0 fully saturated rings. The Hall–Kier alpha value is -1.27. The molecule has 2 aromatic heterocycles. The molecule has 0 saturated carbocycles. The highest BCUT2D eigenvalue weighted by Gasteiger charge is 1.99. The van der Waals surface area contributed by atoms with Gasteiger partial charge in [-0.1, -0.05) is 5.21 Å². The second kappa shape index (κ2) is 4.30. The van der Waals surface area contributed by atoms with Crippen LogP contribution in [0.4, 0.5) is 0 Å². The topological polar surface area (TPSA) is 55.6 Å². The number of aryl methyl sites for hydroxylation is 1. The van der Waals surface area contributed by atoms with Crippen molar-refractivity contribution in [2.45, 2.75) is 13.1 Å². The van der Waals surface area contributed by atoms with E-state index in [1.807, 2.05) is 18.8 Å². The van der Waals surface area contributed by atoms with E-state index in [1.165, 1.54) is 4.88 Å². The zero-order chi connectivity index (χ0) is 9.80. The number of rotatable bonds is 4. The molecule has 74 valence electrons. The number of nitrogens with one attached hydrogen (secondary N) is 1. The molecule has 2 heterocycles. The monoisotopic (exact) mass is 209 g/mol. The van der Waals surface area contributed by atoms with Crippen LogP contribution in [0.2, 0.25) is 0 Å². The molecule has 1 N–H and O–H groups in total. The molecule has 0 aliphatic heterocycles. The normalized spacial score (nSPS) is 10.6. The maximum Gasteiger partial charge on any atom is 0.0794 e. The van der Waals surface area contributed by atoms with Crippen molar-refractivity contribution in [2.24, 2.45) is 7.05 Å². The van der Waals surface area contributed by atoms with Crippen LogP contribution in [-0.4, -0.2) is 20.0 Å². The molecule has 14 heavy (non-hydrogen) atoms. The first-order chi connectivity index (χ1) is 6.86. The van der Waals surface area contributed by atoms with Gasteiger partial charge in [-0.05, 0) is 0 Å². The van der Waals surface area contributed by atoms with Gasteiger partial charge in [0.25, 0.3) is 0 Å². The number of hydrogen-bond donors (Lipinski definition) is 1. The molecular formula is C8H11N5S. The van der Waals surface area contributed by atoms with Crippen LogP contribution in [0.1, 0.15) is 10.6 Å². The summed E-state index contributed by atoms with van der Waals surface area (Å²) >= 11 is 1.65. The summed E-state index contributed by atoms with van der Waals surface area (Å²) in [5.74, 6) is 0. The van der Waals surface area contributed by atoms with Gasteiger partial charge in [-0.25, -0.2) is 0 Å². The van der Waals surface area contributed by atoms with Crippen molar-refractivity contribution >= 4 is 11.3 Å². The Morgan fingerprint density at radius 2 is 2.36 bits per heavy atom. The van der Waals surface area contributed by atoms with E-state index in [4.69, 9.17) is 0 Å². The molecule has 0 aliphatic carbocycles. The van der Waals surface area contributed by atoms with Crippen LogP contribution in [-0.2, 0) is 20.1 Å². The van der Waals surface area contributed by atoms with Crippen LogP contribution >= 0.6 is 11.3 Å². The van der Waals surface area contributed by atoms with E-state index in [0.29, 0.717) is 0 Å². The predicted octanol–water partition coefficient (Wildman–Crippen LogP) is 0.561. The number of nitrogens with zero attached hydrogens (tertiary/aromatic N) is 4. The van der Waals surface area contributed by atoms with Crippen molar-refractivity contribution in [3.63, 3.8) is 0 Å². The average Bonchev–Trinajstić information content (AvgIpc) is 2.78. The summed E-state index contributed by atoms with van der Waals surface area (Å²) in [5, 5.41) is 11.0. The predicted molar refractivity (Wildman–Crippen MR) is 53.7 cm³/mol. The first-order valence-electron chi connectivity index (χ1n) is 4.28. The zero-order valence-corrected chi connectivity index (χ0v) is 8.66. The molecule has 0 radical (unpaired) electrons. The van der Waals surface area contributed by atoms with Crippen LogP contribution in [0.15, 0.2) is 17.9 Å². The highest BCUT2D eigenvalue weighted by atomic mass is 32.1.